The fraction of sp³-hybridized carbons (Fsp3) is 0.667. The highest BCUT2D eigenvalue weighted by Gasteiger charge is 2.43. The quantitative estimate of drug-likeness (QED) is 0.789. The van der Waals surface area contributed by atoms with Gasteiger partial charge in [-0.2, -0.15) is 0 Å². The second-order valence-corrected chi connectivity index (χ2v) is 6.86. The zero-order valence-electron chi connectivity index (χ0n) is 12.8. The Balaban J connectivity index is 1.58. The van der Waals surface area contributed by atoms with Crippen LogP contribution in [0.25, 0.3) is 0 Å². The van der Waals surface area contributed by atoms with Crippen molar-refractivity contribution in [2.45, 2.75) is 26.4 Å². The van der Waals surface area contributed by atoms with Gasteiger partial charge < -0.3 is 14.5 Å². The van der Waals surface area contributed by atoms with Gasteiger partial charge in [0.25, 0.3) is 0 Å². The SMILES string of the molecule is CC(C)(C)OC(=O)N1CC2CN(c3ncccn3)CC2C1. The van der Waals surface area contributed by atoms with Gasteiger partial charge in [-0.15, -0.1) is 0 Å². The Bertz CT molecular complexity index is 500. The van der Waals surface area contributed by atoms with E-state index < -0.39 is 5.60 Å². The van der Waals surface area contributed by atoms with Crippen molar-refractivity contribution < 1.29 is 9.53 Å². The normalized spacial score (nSPS) is 25.1. The highest BCUT2D eigenvalue weighted by Crippen LogP contribution is 2.33. The molecule has 1 aromatic heterocycles. The number of likely N-dealkylation sites (tertiary alicyclic amines) is 1. The van der Waals surface area contributed by atoms with Crippen LogP contribution in [-0.2, 0) is 4.74 Å². The monoisotopic (exact) mass is 290 g/mol. The molecule has 3 rings (SSSR count). The molecule has 114 valence electrons. The molecule has 6 heteroatoms. The molecule has 2 fully saturated rings. The smallest absolute Gasteiger partial charge is 0.410 e. The molecule has 2 atom stereocenters. The summed E-state index contributed by atoms with van der Waals surface area (Å²) < 4.78 is 5.45. The number of fused-ring (bicyclic) bond motifs is 1. The lowest BCUT2D eigenvalue weighted by molar-refractivity contribution is 0.0282. The maximum atomic E-state index is 12.1. The predicted molar refractivity (Wildman–Crippen MR) is 79.0 cm³/mol. The number of aromatic nitrogens is 2. The van der Waals surface area contributed by atoms with Gasteiger partial charge in [0.2, 0.25) is 5.95 Å². The number of amides is 1. The van der Waals surface area contributed by atoms with E-state index >= 15 is 0 Å². The summed E-state index contributed by atoms with van der Waals surface area (Å²) in [7, 11) is 0. The molecule has 2 unspecified atom stereocenters. The van der Waals surface area contributed by atoms with Crippen LogP contribution in [0.2, 0.25) is 0 Å². The van der Waals surface area contributed by atoms with Crippen molar-refractivity contribution in [3.05, 3.63) is 18.5 Å². The summed E-state index contributed by atoms with van der Waals surface area (Å²) in [6.07, 6.45) is 3.34. The molecule has 2 aliphatic heterocycles. The zero-order chi connectivity index (χ0) is 15.0. The molecule has 0 saturated carbocycles. The van der Waals surface area contributed by atoms with Crippen molar-refractivity contribution in [2.24, 2.45) is 11.8 Å². The second kappa shape index (κ2) is 5.16. The van der Waals surface area contributed by atoms with Gasteiger partial charge in [0.05, 0.1) is 0 Å². The van der Waals surface area contributed by atoms with Crippen LogP contribution < -0.4 is 4.90 Å². The molecule has 0 aliphatic carbocycles. The molecule has 0 N–H and O–H groups in total. The van der Waals surface area contributed by atoms with Crippen LogP contribution in [0.4, 0.5) is 10.7 Å². The third-order valence-electron chi connectivity index (χ3n) is 3.97. The van der Waals surface area contributed by atoms with E-state index in [1.165, 1.54) is 0 Å². The van der Waals surface area contributed by atoms with Gasteiger partial charge in [0.15, 0.2) is 0 Å². The first-order chi connectivity index (χ1) is 9.92. The number of rotatable bonds is 1. The van der Waals surface area contributed by atoms with E-state index in [2.05, 4.69) is 14.9 Å². The van der Waals surface area contributed by atoms with E-state index in [9.17, 15) is 4.79 Å². The minimum atomic E-state index is -0.432. The molecule has 6 nitrogen and oxygen atoms in total. The lowest BCUT2D eigenvalue weighted by atomic mass is 10.0. The number of ether oxygens (including phenoxy) is 1. The molecule has 1 aromatic rings. The minimum Gasteiger partial charge on any atom is -0.444 e. The van der Waals surface area contributed by atoms with Crippen LogP contribution in [0.1, 0.15) is 20.8 Å². The number of carbonyl (C=O) groups is 1. The highest BCUT2D eigenvalue weighted by atomic mass is 16.6. The summed E-state index contributed by atoms with van der Waals surface area (Å²) in [5.41, 5.74) is -0.432. The summed E-state index contributed by atoms with van der Waals surface area (Å²) in [6.45, 7) is 9.05. The molecule has 0 radical (unpaired) electrons. The summed E-state index contributed by atoms with van der Waals surface area (Å²) in [4.78, 5) is 24.8. The minimum absolute atomic E-state index is 0.195. The van der Waals surface area contributed by atoms with E-state index in [0.717, 1.165) is 32.1 Å². The third-order valence-corrected chi connectivity index (χ3v) is 3.97. The van der Waals surface area contributed by atoms with E-state index in [1.807, 2.05) is 31.7 Å². The standard InChI is InChI=1S/C15H22N4O2/c1-15(2,3)21-14(20)19-9-11-7-18(8-12(11)10-19)13-16-5-4-6-17-13/h4-6,11-12H,7-10H2,1-3H3. The average molecular weight is 290 g/mol. The summed E-state index contributed by atoms with van der Waals surface area (Å²) >= 11 is 0. The molecular formula is C15H22N4O2. The van der Waals surface area contributed by atoms with Crippen LogP contribution >= 0.6 is 0 Å². The van der Waals surface area contributed by atoms with Gasteiger partial charge in [0, 0.05) is 50.4 Å². The summed E-state index contributed by atoms with van der Waals surface area (Å²) in [5, 5.41) is 0. The number of nitrogens with zero attached hydrogens (tertiary/aromatic N) is 4. The summed E-state index contributed by atoms with van der Waals surface area (Å²) in [6, 6.07) is 1.82. The Morgan fingerprint density at radius 2 is 1.71 bits per heavy atom. The largest absolute Gasteiger partial charge is 0.444 e. The fourth-order valence-corrected chi connectivity index (χ4v) is 3.09. The van der Waals surface area contributed by atoms with E-state index in [-0.39, 0.29) is 6.09 Å². The Labute approximate surface area is 125 Å². The van der Waals surface area contributed by atoms with Crippen molar-refractivity contribution in [3.63, 3.8) is 0 Å². The fourth-order valence-electron chi connectivity index (χ4n) is 3.09. The third kappa shape index (κ3) is 3.09. The number of hydrogen-bond acceptors (Lipinski definition) is 5. The van der Waals surface area contributed by atoms with E-state index in [0.29, 0.717) is 11.8 Å². The molecule has 1 amide bonds. The maximum absolute atomic E-state index is 12.1. The van der Waals surface area contributed by atoms with Crippen molar-refractivity contribution in [1.29, 1.82) is 0 Å². The first kappa shape index (κ1) is 14.1. The first-order valence-electron chi connectivity index (χ1n) is 7.42. The van der Waals surface area contributed by atoms with E-state index in [1.54, 1.807) is 12.4 Å². The molecular weight excluding hydrogens is 268 g/mol. The molecule has 2 aliphatic rings. The van der Waals surface area contributed by atoms with Gasteiger partial charge in [-0.1, -0.05) is 0 Å². The van der Waals surface area contributed by atoms with Gasteiger partial charge in [-0.05, 0) is 26.8 Å². The van der Waals surface area contributed by atoms with Crippen LogP contribution in [0.15, 0.2) is 18.5 Å². The lowest BCUT2D eigenvalue weighted by Gasteiger charge is -2.26. The molecule has 2 saturated heterocycles. The maximum Gasteiger partial charge on any atom is 0.410 e. The van der Waals surface area contributed by atoms with Crippen LogP contribution in [0, 0.1) is 11.8 Å². The molecule has 0 spiro atoms. The Kier molecular flexibility index (Phi) is 3.47. The number of anilines is 1. The van der Waals surface area contributed by atoms with Crippen molar-refractivity contribution in [1.82, 2.24) is 14.9 Å². The van der Waals surface area contributed by atoms with Crippen LogP contribution in [0.5, 0.6) is 0 Å². The van der Waals surface area contributed by atoms with Crippen molar-refractivity contribution in [3.8, 4) is 0 Å². The van der Waals surface area contributed by atoms with Gasteiger partial charge in [0.1, 0.15) is 5.60 Å². The topological polar surface area (TPSA) is 58.6 Å². The van der Waals surface area contributed by atoms with Crippen LogP contribution in [-0.4, -0.2) is 52.7 Å². The Hall–Kier alpha value is -1.85. The van der Waals surface area contributed by atoms with Crippen LogP contribution in [0.3, 0.4) is 0 Å². The predicted octanol–water partition coefficient (Wildman–Crippen LogP) is 1.78. The average Bonchev–Trinajstić information content (AvgIpc) is 2.95. The van der Waals surface area contributed by atoms with Gasteiger partial charge in [-0.3, -0.25) is 0 Å². The summed E-state index contributed by atoms with van der Waals surface area (Å²) in [5.74, 6) is 1.76. The van der Waals surface area contributed by atoms with Crippen molar-refractivity contribution >= 4 is 12.0 Å². The highest BCUT2D eigenvalue weighted by molar-refractivity contribution is 5.68. The number of carbonyl (C=O) groups excluding carboxylic acids is 1. The molecule has 0 bridgehead atoms. The first-order valence-corrected chi connectivity index (χ1v) is 7.42. The molecule has 3 heterocycles. The zero-order valence-corrected chi connectivity index (χ0v) is 12.8. The lowest BCUT2D eigenvalue weighted by Crippen LogP contribution is -2.37. The van der Waals surface area contributed by atoms with E-state index in [4.69, 9.17) is 4.74 Å². The van der Waals surface area contributed by atoms with Gasteiger partial charge in [-0.25, -0.2) is 14.8 Å². The Morgan fingerprint density at radius 3 is 2.24 bits per heavy atom. The van der Waals surface area contributed by atoms with Crippen molar-refractivity contribution in [2.75, 3.05) is 31.1 Å². The molecule has 21 heavy (non-hydrogen) atoms. The Morgan fingerprint density at radius 1 is 1.14 bits per heavy atom. The molecule has 0 aromatic carbocycles. The van der Waals surface area contributed by atoms with Gasteiger partial charge >= 0.3 is 6.09 Å². The second-order valence-electron chi connectivity index (χ2n) is 6.86. The number of hydrogen-bond donors (Lipinski definition) is 0.